The molecule has 1 N–H and O–H groups in total. The molecule has 0 bridgehead atoms. The van der Waals surface area contributed by atoms with E-state index in [-0.39, 0.29) is 12.0 Å². The first kappa shape index (κ1) is 20.7. The average Bonchev–Trinajstić information content (AvgIpc) is 3.35. The number of halogens is 3. The van der Waals surface area contributed by atoms with E-state index in [4.69, 9.17) is 0 Å². The second kappa shape index (κ2) is 8.03. The minimum atomic E-state index is -4.17. The van der Waals surface area contributed by atoms with Crippen LogP contribution in [0, 0.1) is 0 Å². The van der Waals surface area contributed by atoms with Gasteiger partial charge in [-0.15, -0.1) is 22.7 Å². The Morgan fingerprint density at radius 1 is 1.19 bits per heavy atom. The summed E-state index contributed by atoms with van der Waals surface area (Å²) in [5.74, 6) is 0.0782. The number of alkyl halides is 3. The van der Waals surface area contributed by atoms with Gasteiger partial charge in [0.25, 0.3) is 0 Å². The summed E-state index contributed by atoms with van der Waals surface area (Å²) in [4.78, 5) is 12.5. The van der Waals surface area contributed by atoms with Gasteiger partial charge in [0, 0.05) is 34.1 Å². The van der Waals surface area contributed by atoms with E-state index in [1.54, 1.807) is 33.8 Å². The Bertz CT molecular complexity index is 1220. The zero-order valence-corrected chi connectivity index (χ0v) is 18.4. The molecule has 1 aliphatic heterocycles. The second-order valence-electron chi connectivity index (χ2n) is 7.96. The number of thiazole rings is 1. The van der Waals surface area contributed by atoms with Crippen LogP contribution < -0.4 is 5.32 Å². The van der Waals surface area contributed by atoms with Gasteiger partial charge in [0.1, 0.15) is 4.83 Å². The summed E-state index contributed by atoms with van der Waals surface area (Å²) in [7, 11) is 0. The summed E-state index contributed by atoms with van der Waals surface area (Å²) in [5, 5.41) is 4.47. The number of piperidine rings is 1. The van der Waals surface area contributed by atoms with Crippen molar-refractivity contribution in [3.05, 3.63) is 46.9 Å². The van der Waals surface area contributed by atoms with Gasteiger partial charge in [0.2, 0.25) is 0 Å². The summed E-state index contributed by atoms with van der Waals surface area (Å²) in [6.07, 6.45) is -0.739. The van der Waals surface area contributed by atoms with Crippen LogP contribution in [-0.4, -0.2) is 40.2 Å². The number of benzene rings is 1. The largest absolute Gasteiger partial charge is 0.401 e. The first-order chi connectivity index (χ1) is 14.9. The topological polar surface area (TPSA) is 41.1 Å². The molecule has 0 saturated carbocycles. The number of hydrogen-bond donors (Lipinski definition) is 1. The highest BCUT2D eigenvalue weighted by atomic mass is 32.1. The molecular formula is C22H21F3N4S2. The lowest BCUT2D eigenvalue weighted by molar-refractivity contribution is -0.153. The Labute approximate surface area is 185 Å². The molecule has 0 spiro atoms. The number of hydrogen-bond acceptors (Lipinski definition) is 6. The van der Waals surface area contributed by atoms with Gasteiger partial charge in [-0.05, 0) is 56.6 Å². The standard InChI is InChI=1S/C22H21F3N4S2/c1-13-15(3-2-8-29(13)11-22(23,24)25)20-10-16-17(6-7-26-21(16)31-20)28-14-4-5-19-18(9-14)27-12-30-19/h4-7,9-10,12-13,15H,2-3,8,11H2,1H3,(H,26,28)/t13-,15+/m1/s1. The van der Waals surface area contributed by atoms with Crippen LogP contribution in [0.1, 0.15) is 30.6 Å². The summed E-state index contributed by atoms with van der Waals surface area (Å²) in [5.41, 5.74) is 4.67. The van der Waals surface area contributed by atoms with Crippen LogP contribution in [0.15, 0.2) is 42.0 Å². The van der Waals surface area contributed by atoms with Crippen LogP contribution in [-0.2, 0) is 0 Å². The van der Waals surface area contributed by atoms with E-state index in [9.17, 15) is 13.2 Å². The third kappa shape index (κ3) is 4.26. The molecule has 162 valence electrons. The molecule has 4 heterocycles. The summed E-state index contributed by atoms with van der Waals surface area (Å²) < 4.78 is 40.1. The van der Waals surface area contributed by atoms with Crippen molar-refractivity contribution in [3.63, 3.8) is 0 Å². The van der Waals surface area contributed by atoms with Crippen molar-refractivity contribution in [2.24, 2.45) is 0 Å². The first-order valence-corrected chi connectivity index (χ1v) is 11.9. The number of rotatable bonds is 4. The van der Waals surface area contributed by atoms with E-state index in [0.29, 0.717) is 6.54 Å². The highest BCUT2D eigenvalue weighted by molar-refractivity contribution is 7.18. The molecule has 0 radical (unpaired) electrons. The third-order valence-corrected chi connectivity index (χ3v) is 7.92. The second-order valence-corrected chi connectivity index (χ2v) is 9.91. The number of pyridine rings is 1. The van der Waals surface area contributed by atoms with E-state index >= 15 is 0 Å². The molecule has 1 fully saturated rings. The van der Waals surface area contributed by atoms with Gasteiger partial charge in [0.15, 0.2) is 0 Å². The van der Waals surface area contributed by atoms with E-state index < -0.39 is 12.7 Å². The SMILES string of the molecule is C[C@@H]1[C@@H](c2cc3c(Nc4ccc5scnc5c4)ccnc3s2)CCCN1CC(F)(F)F. The van der Waals surface area contributed by atoms with Crippen LogP contribution in [0.25, 0.3) is 20.4 Å². The predicted octanol–water partition coefficient (Wildman–Crippen LogP) is 6.78. The van der Waals surface area contributed by atoms with Gasteiger partial charge in [-0.2, -0.15) is 13.2 Å². The molecule has 1 saturated heterocycles. The fourth-order valence-electron chi connectivity index (χ4n) is 4.39. The van der Waals surface area contributed by atoms with Crippen molar-refractivity contribution in [1.82, 2.24) is 14.9 Å². The maximum Gasteiger partial charge on any atom is 0.401 e. The molecule has 1 aliphatic rings. The van der Waals surface area contributed by atoms with E-state index in [1.807, 2.05) is 36.7 Å². The van der Waals surface area contributed by atoms with Gasteiger partial charge < -0.3 is 5.32 Å². The average molecular weight is 463 g/mol. The van der Waals surface area contributed by atoms with Crippen molar-refractivity contribution in [1.29, 1.82) is 0 Å². The van der Waals surface area contributed by atoms with E-state index in [2.05, 4.69) is 21.4 Å². The van der Waals surface area contributed by atoms with Crippen molar-refractivity contribution in [3.8, 4) is 0 Å². The quantitative estimate of drug-likeness (QED) is 0.363. The molecule has 1 aromatic carbocycles. The van der Waals surface area contributed by atoms with Gasteiger partial charge >= 0.3 is 6.18 Å². The van der Waals surface area contributed by atoms with Crippen LogP contribution in [0.5, 0.6) is 0 Å². The van der Waals surface area contributed by atoms with Crippen molar-refractivity contribution in [2.75, 3.05) is 18.4 Å². The first-order valence-electron chi connectivity index (χ1n) is 10.2. The molecular weight excluding hydrogens is 441 g/mol. The molecule has 31 heavy (non-hydrogen) atoms. The molecule has 2 atom stereocenters. The number of nitrogens with zero attached hydrogens (tertiary/aromatic N) is 3. The fraction of sp³-hybridized carbons (Fsp3) is 0.364. The Morgan fingerprint density at radius 3 is 2.90 bits per heavy atom. The van der Waals surface area contributed by atoms with Crippen molar-refractivity contribution < 1.29 is 13.2 Å². The van der Waals surface area contributed by atoms with Gasteiger partial charge in [-0.3, -0.25) is 4.90 Å². The Hall–Kier alpha value is -2.23. The maximum atomic E-state index is 13.0. The van der Waals surface area contributed by atoms with Crippen LogP contribution in [0.3, 0.4) is 0 Å². The van der Waals surface area contributed by atoms with Crippen molar-refractivity contribution >= 4 is 54.5 Å². The third-order valence-electron chi connectivity index (χ3n) is 5.93. The Kier molecular flexibility index (Phi) is 5.35. The lowest BCUT2D eigenvalue weighted by Crippen LogP contribution is -2.46. The number of fused-ring (bicyclic) bond motifs is 2. The number of nitrogens with one attached hydrogen (secondary N) is 1. The van der Waals surface area contributed by atoms with Gasteiger partial charge in [-0.1, -0.05) is 0 Å². The van der Waals surface area contributed by atoms with Gasteiger partial charge in [0.05, 0.1) is 28.0 Å². The van der Waals surface area contributed by atoms with Crippen molar-refractivity contribution in [2.45, 2.75) is 37.9 Å². The molecule has 4 aromatic rings. The zero-order valence-electron chi connectivity index (χ0n) is 16.8. The van der Waals surface area contributed by atoms with E-state index in [1.165, 1.54) is 0 Å². The monoisotopic (exact) mass is 462 g/mol. The molecule has 9 heteroatoms. The Morgan fingerprint density at radius 2 is 2.06 bits per heavy atom. The molecule has 4 nitrogen and oxygen atoms in total. The lowest BCUT2D eigenvalue weighted by Gasteiger charge is -2.39. The van der Waals surface area contributed by atoms with Crippen LogP contribution in [0.2, 0.25) is 0 Å². The number of likely N-dealkylation sites (tertiary alicyclic amines) is 1. The fourth-order valence-corrected chi connectivity index (χ4v) is 6.31. The molecule has 0 amide bonds. The molecule has 0 unspecified atom stereocenters. The molecule has 0 aliphatic carbocycles. The Balaban J connectivity index is 1.43. The zero-order chi connectivity index (χ0) is 21.6. The highest BCUT2D eigenvalue weighted by Crippen LogP contribution is 2.41. The molecule has 5 rings (SSSR count). The number of thiophene rings is 1. The number of aromatic nitrogens is 2. The smallest absolute Gasteiger partial charge is 0.355 e. The summed E-state index contributed by atoms with van der Waals surface area (Å²) in [6, 6.07) is 9.97. The molecule has 3 aromatic heterocycles. The summed E-state index contributed by atoms with van der Waals surface area (Å²) >= 11 is 3.19. The van der Waals surface area contributed by atoms with Crippen LogP contribution in [0.4, 0.5) is 24.5 Å². The summed E-state index contributed by atoms with van der Waals surface area (Å²) in [6.45, 7) is 1.56. The predicted molar refractivity (Wildman–Crippen MR) is 122 cm³/mol. The lowest BCUT2D eigenvalue weighted by atomic mass is 9.88. The maximum absolute atomic E-state index is 13.0. The normalized spacial score (nSPS) is 20.5. The highest BCUT2D eigenvalue weighted by Gasteiger charge is 2.37. The van der Waals surface area contributed by atoms with Gasteiger partial charge in [-0.25, -0.2) is 9.97 Å². The van der Waals surface area contributed by atoms with E-state index in [0.717, 1.165) is 49.5 Å². The van der Waals surface area contributed by atoms with Crippen LogP contribution >= 0.6 is 22.7 Å². The minimum Gasteiger partial charge on any atom is -0.355 e. The number of anilines is 2. The minimum absolute atomic E-state index is 0.0782.